The Kier molecular flexibility index (Phi) is 6.51. The molecule has 2 atom stereocenters. The molecule has 6 nitrogen and oxygen atoms in total. The van der Waals surface area contributed by atoms with E-state index >= 15 is 0 Å². The molecule has 0 saturated carbocycles. The Morgan fingerprint density at radius 3 is 2.52 bits per heavy atom. The van der Waals surface area contributed by atoms with Crippen molar-refractivity contribution in [3.05, 3.63) is 94.3 Å². The number of nitrogens with zero attached hydrogens (tertiary/aromatic N) is 1. The summed E-state index contributed by atoms with van der Waals surface area (Å²) in [6, 6.07) is 21.0. The fraction of sp³-hybridized carbons (Fsp3) is 0.231. The third-order valence-electron chi connectivity index (χ3n) is 6.07. The van der Waals surface area contributed by atoms with E-state index in [4.69, 9.17) is 0 Å². The van der Waals surface area contributed by atoms with E-state index in [-0.39, 0.29) is 24.9 Å². The zero-order chi connectivity index (χ0) is 23.4. The Bertz CT molecular complexity index is 1240. The lowest BCUT2D eigenvalue weighted by atomic mass is 9.89. The quantitative estimate of drug-likeness (QED) is 0.320. The summed E-state index contributed by atoms with van der Waals surface area (Å²) in [5.41, 5.74) is 1.48. The number of fused-ring (bicyclic) bond motifs is 1. The van der Waals surface area contributed by atoms with Crippen LogP contribution in [0.25, 0.3) is 10.9 Å². The number of amides is 2. The standard InChI is InChI=1S/C26H27N3O3S/c1-18(19-9-4-3-5-10-19)28-24(30)26(2,29(25(31)32)17-21-11-8-14-33-21)15-20-16-27-23-13-7-6-12-22(20)23/h3-14,16,18,27H,15,17H2,1-2H3,(H,28,30)(H,31,32). The number of thiophene rings is 1. The fourth-order valence-corrected chi connectivity index (χ4v) is 4.83. The second kappa shape index (κ2) is 9.50. The number of nitrogens with one attached hydrogen (secondary N) is 2. The maximum absolute atomic E-state index is 13.8. The first-order valence-electron chi connectivity index (χ1n) is 10.8. The molecule has 4 aromatic rings. The van der Waals surface area contributed by atoms with E-state index in [0.29, 0.717) is 0 Å². The topological polar surface area (TPSA) is 85.4 Å². The van der Waals surface area contributed by atoms with E-state index in [9.17, 15) is 14.7 Å². The number of carbonyl (C=O) groups excluding carboxylic acids is 1. The molecule has 0 aliphatic heterocycles. The SMILES string of the molecule is CC(NC(=O)C(C)(Cc1c[nH]c2ccccc12)N(Cc1cccs1)C(=O)O)c1ccccc1. The number of H-pyrrole nitrogens is 1. The van der Waals surface area contributed by atoms with E-state index in [1.807, 2.05) is 85.2 Å². The van der Waals surface area contributed by atoms with Gasteiger partial charge in [0, 0.05) is 28.4 Å². The molecule has 0 radical (unpaired) electrons. The Morgan fingerprint density at radius 2 is 1.82 bits per heavy atom. The molecular weight excluding hydrogens is 434 g/mol. The van der Waals surface area contributed by atoms with Crippen molar-refractivity contribution >= 4 is 34.2 Å². The van der Waals surface area contributed by atoms with Gasteiger partial charge in [-0.1, -0.05) is 54.6 Å². The van der Waals surface area contributed by atoms with Crippen LogP contribution in [0.2, 0.25) is 0 Å². The summed E-state index contributed by atoms with van der Waals surface area (Å²) in [6.45, 7) is 3.76. The summed E-state index contributed by atoms with van der Waals surface area (Å²) in [6.07, 6.45) is 0.970. The minimum absolute atomic E-state index is 0.138. The zero-order valence-electron chi connectivity index (χ0n) is 18.6. The van der Waals surface area contributed by atoms with Crippen molar-refractivity contribution in [2.45, 2.75) is 38.4 Å². The molecule has 7 heteroatoms. The van der Waals surface area contributed by atoms with Gasteiger partial charge in [-0.2, -0.15) is 0 Å². The molecule has 0 bridgehead atoms. The van der Waals surface area contributed by atoms with Crippen molar-refractivity contribution < 1.29 is 14.7 Å². The molecule has 0 aliphatic rings. The number of hydrogen-bond donors (Lipinski definition) is 3. The average Bonchev–Trinajstić information content (AvgIpc) is 3.48. The van der Waals surface area contributed by atoms with Gasteiger partial charge < -0.3 is 15.4 Å². The van der Waals surface area contributed by atoms with E-state index in [0.717, 1.165) is 26.9 Å². The molecule has 0 fully saturated rings. The van der Waals surface area contributed by atoms with Gasteiger partial charge in [-0.25, -0.2) is 4.79 Å². The normalized spacial score (nSPS) is 13.9. The van der Waals surface area contributed by atoms with E-state index in [1.54, 1.807) is 6.92 Å². The fourth-order valence-electron chi connectivity index (χ4n) is 4.14. The molecule has 2 aromatic carbocycles. The molecule has 0 saturated heterocycles. The van der Waals surface area contributed by atoms with Crippen LogP contribution in [0, 0.1) is 0 Å². The van der Waals surface area contributed by atoms with Crippen LogP contribution in [-0.2, 0) is 17.8 Å². The summed E-state index contributed by atoms with van der Waals surface area (Å²) in [7, 11) is 0. The third kappa shape index (κ3) is 4.78. The van der Waals surface area contributed by atoms with Crippen LogP contribution in [0.5, 0.6) is 0 Å². The molecule has 2 heterocycles. The van der Waals surface area contributed by atoms with Gasteiger partial charge in [0.15, 0.2) is 0 Å². The Labute approximate surface area is 196 Å². The second-order valence-corrected chi connectivity index (χ2v) is 9.40. The van der Waals surface area contributed by atoms with Crippen molar-refractivity contribution in [1.82, 2.24) is 15.2 Å². The molecule has 3 N–H and O–H groups in total. The molecule has 0 aliphatic carbocycles. The number of carboxylic acid groups (broad SMARTS) is 1. The van der Waals surface area contributed by atoms with Crippen LogP contribution in [-0.4, -0.2) is 32.5 Å². The third-order valence-corrected chi connectivity index (χ3v) is 6.93. The highest BCUT2D eigenvalue weighted by molar-refractivity contribution is 7.09. The Balaban J connectivity index is 1.71. The van der Waals surface area contributed by atoms with E-state index in [2.05, 4.69) is 10.3 Å². The second-order valence-electron chi connectivity index (χ2n) is 8.36. The summed E-state index contributed by atoms with van der Waals surface area (Å²) < 4.78 is 0. The lowest BCUT2D eigenvalue weighted by molar-refractivity contribution is -0.132. The Hall–Kier alpha value is -3.58. The van der Waals surface area contributed by atoms with Crippen LogP contribution < -0.4 is 5.32 Å². The molecule has 33 heavy (non-hydrogen) atoms. The van der Waals surface area contributed by atoms with Crippen molar-refractivity contribution in [2.75, 3.05) is 0 Å². The lowest BCUT2D eigenvalue weighted by Gasteiger charge is -2.39. The molecule has 170 valence electrons. The molecule has 2 unspecified atom stereocenters. The smallest absolute Gasteiger partial charge is 0.408 e. The number of aromatic amines is 1. The molecule has 0 spiro atoms. The summed E-state index contributed by atoms with van der Waals surface area (Å²) in [5.74, 6) is -0.330. The number of rotatable bonds is 8. The first-order chi connectivity index (χ1) is 15.9. The predicted octanol–water partition coefficient (Wildman–Crippen LogP) is 5.59. The van der Waals surface area contributed by atoms with Gasteiger partial charge >= 0.3 is 6.09 Å². The van der Waals surface area contributed by atoms with Crippen molar-refractivity contribution in [2.24, 2.45) is 0 Å². The Morgan fingerprint density at radius 1 is 1.09 bits per heavy atom. The lowest BCUT2D eigenvalue weighted by Crippen LogP contribution is -2.59. The first-order valence-corrected chi connectivity index (χ1v) is 11.7. The number of para-hydroxylation sites is 1. The van der Waals surface area contributed by atoms with Gasteiger partial charge in [-0.05, 0) is 42.5 Å². The van der Waals surface area contributed by atoms with Crippen LogP contribution in [0.3, 0.4) is 0 Å². The first kappa shape index (κ1) is 22.6. The summed E-state index contributed by atoms with van der Waals surface area (Å²) >= 11 is 1.47. The monoisotopic (exact) mass is 461 g/mol. The van der Waals surface area contributed by atoms with Gasteiger partial charge in [-0.3, -0.25) is 9.69 Å². The highest BCUT2D eigenvalue weighted by atomic mass is 32.1. The molecule has 2 amide bonds. The van der Waals surface area contributed by atoms with Gasteiger partial charge in [-0.15, -0.1) is 11.3 Å². The average molecular weight is 462 g/mol. The van der Waals surface area contributed by atoms with Crippen LogP contribution >= 0.6 is 11.3 Å². The van der Waals surface area contributed by atoms with Crippen LogP contribution in [0.15, 0.2) is 78.3 Å². The molecular formula is C26H27N3O3S. The van der Waals surface area contributed by atoms with E-state index in [1.165, 1.54) is 16.2 Å². The highest BCUT2D eigenvalue weighted by Crippen LogP contribution is 2.30. The number of benzene rings is 2. The van der Waals surface area contributed by atoms with Gasteiger partial charge in [0.05, 0.1) is 12.6 Å². The molecule has 4 rings (SSSR count). The summed E-state index contributed by atoms with van der Waals surface area (Å²) in [4.78, 5) is 31.6. The summed E-state index contributed by atoms with van der Waals surface area (Å²) in [5, 5.41) is 16.1. The van der Waals surface area contributed by atoms with Crippen molar-refractivity contribution in [3.8, 4) is 0 Å². The number of carbonyl (C=O) groups is 2. The van der Waals surface area contributed by atoms with Crippen molar-refractivity contribution in [3.63, 3.8) is 0 Å². The van der Waals surface area contributed by atoms with Crippen LogP contribution in [0.1, 0.15) is 35.9 Å². The minimum atomic E-state index is -1.33. The van der Waals surface area contributed by atoms with Crippen molar-refractivity contribution in [1.29, 1.82) is 0 Å². The predicted molar refractivity (Wildman–Crippen MR) is 131 cm³/mol. The van der Waals surface area contributed by atoms with E-state index < -0.39 is 11.6 Å². The number of aromatic nitrogens is 1. The maximum Gasteiger partial charge on any atom is 0.408 e. The number of hydrogen-bond acceptors (Lipinski definition) is 3. The van der Waals surface area contributed by atoms with Gasteiger partial charge in [0.1, 0.15) is 5.54 Å². The highest BCUT2D eigenvalue weighted by Gasteiger charge is 2.43. The minimum Gasteiger partial charge on any atom is -0.465 e. The largest absolute Gasteiger partial charge is 0.465 e. The van der Waals surface area contributed by atoms with Gasteiger partial charge in [0.2, 0.25) is 5.91 Å². The van der Waals surface area contributed by atoms with Crippen LogP contribution in [0.4, 0.5) is 4.79 Å². The molecule has 2 aromatic heterocycles. The maximum atomic E-state index is 13.8. The van der Waals surface area contributed by atoms with Gasteiger partial charge in [0.25, 0.3) is 0 Å². The zero-order valence-corrected chi connectivity index (χ0v) is 19.4.